The maximum atomic E-state index is 6.01. The molecule has 0 aliphatic heterocycles. The van der Waals surface area contributed by atoms with Crippen molar-refractivity contribution in [3.05, 3.63) is 48.5 Å². The van der Waals surface area contributed by atoms with Crippen LogP contribution in [-0.4, -0.2) is 33.4 Å². The van der Waals surface area contributed by atoms with Gasteiger partial charge in [0.25, 0.3) is 0 Å². The second kappa shape index (κ2) is 15.4. The first-order valence-corrected chi connectivity index (χ1v) is 12.0. The van der Waals surface area contributed by atoms with Gasteiger partial charge in [-0.3, -0.25) is 0 Å². The Kier molecular flexibility index (Phi) is 12.4. The van der Waals surface area contributed by atoms with E-state index in [9.17, 15) is 0 Å². The summed E-state index contributed by atoms with van der Waals surface area (Å²) in [4.78, 5) is 2.42. The molecule has 0 N–H and O–H groups in total. The highest BCUT2D eigenvalue weighted by molar-refractivity contribution is 5.50. The molecule has 4 heteroatoms. The first kappa shape index (κ1) is 24.9. The molecular weight excluding hydrogens is 386 g/mol. The van der Waals surface area contributed by atoms with Crippen molar-refractivity contribution < 1.29 is 14.2 Å². The standard InChI is InChI=1S/C27H41NO3/c1-4-6-8-10-19-28(20-22-31-26-17-15-25(29-3)16-18-26)24-13-12-14-27(23-24)30-21-11-9-7-5-2/h12-18,23H,4-11,19-22H2,1-3H3. The lowest BCUT2D eigenvalue weighted by molar-refractivity contribution is 0.304. The summed E-state index contributed by atoms with van der Waals surface area (Å²) in [6, 6.07) is 16.3. The zero-order valence-corrected chi connectivity index (χ0v) is 19.8. The Morgan fingerprint density at radius 3 is 2.03 bits per heavy atom. The largest absolute Gasteiger partial charge is 0.497 e. The van der Waals surface area contributed by atoms with Gasteiger partial charge in [-0.05, 0) is 49.2 Å². The highest BCUT2D eigenvalue weighted by Gasteiger charge is 2.09. The van der Waals surface area contributed by atoms with Gasteiger partial charge in [0.05, 0.1) is 20.3 Å². The van der Waals surface area contributed by atoms with E-state index in [0.29, 0.717) is 6.61 Å². The number of hydrogen-bond acceptors (Lipinski definition) is 4. The lowest BCUT2D eigenvalue weighted by Gasteiger charge is -2.25. The van der Waals surface area contributed by atoms with Crippen molar-refractivity contribution in [1.29, 1.82) is 0 Å². The first-order valence-electron chi connectivity index (χ1n) is 12.0. The molecule has 2 rings (SSSR count). The van der Waals surface area contributed by atoms with Gasteiger partial charge in [-0.25, -0.2) is 0 Å². The van der Waals surface area contributed by atoms with Crippen molar-refractivity contribution in [3.8, 4) is 17.2 Å². The van der Waals surface area contributed by atoms with E-state index in [4.69, 9.17) is 14.2 Å². The van der Waals surface area contributed by atoms with Gasteiger partial charge in [0.1, 0.15) is 23.9 Å². The molecule has 0 aromatic heterocycles. The molecule has 0 saturated heterocycles. The minimum absolute atomic E-state index is 0.641. The van der Waals surface area contributed by atoms with Crippen LogP contribution in [0.15, 0.2) is 48.5 Å². The Balaban J connectivity index is 1.91. The Morgan fingerprint density at radius 2 is 1.32 bits per heavy atom. The lowest BCUT2D eigenvalue weighted by Crippen LogP contribution is -2.29. The van der Waals surface area contributed by atoms with Crippen LogP contribution in [0.2, 0.25) is 0 Å². The maximum Gasteiger partial charge on any atom is 0.121 e. The minimum atomic E-state index is 0.641. The summed E-state index contributed by atoms with van der Waals surface area (Å²) in [6.45, 7) is 7.80. The van der Waals surface area contributed by atoms with E-state index in [1.54, 1.807) is 7.11 Å². The van der Waals surface area contributed by atoms with Gasteiger partial charge in [-0.15, -0.1) is 0 Å². The number of benzene rings is 2. The topological polar surface area (TPSA) is 30.9 Å². The van der Waals surface area contributed by atoms with E-state index < -0.39 is 0 Å². The smallest absolute Gasteiger partial charge is 0.121 e. The van der Waals surface area contributed by atoms with Crippen LogP contribution in [0.3, 0.4) is 0 Å². The Bertz CT molecular complexity index is 702. The van der Waals surface area contributed by atoms with Crippen LogP contribution in [0.5, 0.6) is 17.2 Å². The molecule has 0 unspecified atom stereocenters. The third-order valence-corrected chi connectivity index (χ3v) is 5.42. The van der Waals surface area contributed by atoms with Crippen LogP contribution in [0.1, 0.15) is 65.2 Å². The van der Waals surface area contributed by atoms with Gasteiger partial charge < -0.3 is 19.1 Å². The van der Waals surface area contributed by atoms with Gasteiger partial charge in [0, 0.05) is 18.3 Å². The highest BCUT2D eigenvalue weighted by Crippen LogP contribution is 2.23. The van der Waals surface area contributed by atoms with Crippen molar-refractivity contribution in [1.82, 2.24) is 0 Å². The van der Waals surface area contributed by atoms with E-state index in [0.717, 1.165) is 43.4 Å². The number of rotatable bonds is 17. The second-order valence-electron chi connectivity index (χ2n) is 7.98. The number of ether oxygens (including phenoxy) is 3. The number of methoxy groups -OCH3 is 1. The van der Waals surface area contributed by atoms with E-state index in [-0.39, 0.29) is 0 Å². The zero-order chi connectivity index (χ0) is 22.2. The van der Waals surface area contributed by atoms with Crippen molar-refractivity contribution in [2.24, 2.45) is 0 Å². The summed E-state index contributed by atoms with van der Waals surface area (Å²) in [5.74, 6) is 2.68. The average molecular weight is 428 g/mol. The van der Waals surface area contributed by atoms with Crippen LogP contribution >= 0.6 is 0 Å². The first-order chi connectivity index (χ1) is 15.3. The quantitative estimate of drug-likeness (QED) is 0.251. The molecule has 0 atom stereocenters. The molecule has 0 aliphatic rings. The summed E-state index contributed by atoms with van der Waals surface area (Å²) >= 11 is 0. The molecular formula is C27H41NO3. The summed E-state index contributed by atoms with van der Waals surface area (Å²) in [6.07, 6.45) is 9.89. The van der Waals surface area contributed by atoms with Crippen molar-refractivity contribution >= 4 is 5.69 Å². The van der Waals surface area contributed by atoms with Crippen molar-refractivity contribution in [2.45, 2.75) is 65.2 Å². The molecule has 31 heavy (non-hydrogen) atoms. The van der Waals surface area contributed by atoms with Crippen LogP contribution in [-0.2, 0) is 0 Å². The Hall–Kier alpha value is -2.36. The van der Waals surface area contributed by atoms with Gasteiger partial charge >= 0.3 is 0 Å². The van der Waals surface area contributed by atoms with Crippen molar-refractivity contribution in [2.75, 3.05) is 38.3 Å². The number of anilines is 1. The Morgan fingerprint density at radius 1 is 0.645 bits per heavy atom. The molecule has 0 fully saturated rings. The van der Waals surface area contributed by atoms with Crippen LogP contribution in [0, 0.1) is 0 Å². The monoisotopic (exact) mass is 427 g/mol. The molecule has 2 aromatic carbocycles. The van der Waals surface area contributed by atoms with Crippen LogP contribution in [0.4, 0.5) is 5.69 Å². The van der Waals surface area contributed by atoms with Crippen molar-refractivity contribution in [3.63, 3.8) is 0 Å². The molecule has 0 heterocycles. The van der Waals surface area contributed by atoms with Gasteiger partial charge in [-0.2, -0.15) is 0 Å². The molecule has 0 saturated carbocycles. The maximum absolute atomic E-state index is 6.01. The molecule has 2 aromatic rings. The molecule has 0 spiro atoms. The molecule has 0 bridgehead atoms. The summed E-state index contributed by atoms with van der Waals surface area (Å²) in [5, 5.41) is 0. The molecule has 0 amide bonds. The summed E-state index contributed by atoms with van der Waals surface area (Å²) in [7, 11) is 1.68. The fraction of sp³-hybridized carbons (Fsp3) is 0.556. The normalized spacial score (nSPS) is 10.7. The van der Waals surface area contributed by atoms with Gasteiger partial charge in [0.15, 0.2) is 0 Å². The van der Waals surface area contributed by atoms with Gasteiger partial charge in [-0.1, -0.05) is 58.4 Å². The van der Waals surface area contributed by atoms with E-state index in [1.807, 2.05) is 24.3 Å². The third kappa shape index (κ3) is 9.99. The summed E-state index contributed by atoms with van der Waals surface area (Å²) in [5.41, 5.74) is 1.21. The van der Waals surface area contributed by atoms with Crippen LogP contribution < -0.4 is 19.1 Å². The lowest BCUT2D eigenvalue weighted by atomic mass is 10.2. The summed E-state index contributed by atoms with van der Waals surface area (Å²) < 4.78 is 17.2. The molecule has 4 nitrogen and oxygen atoms in total. The zero-order valence-electron chi connectivity index (χ0n) is 19.8. The second-order valence-corrected chi connectivity index (χ2v) is 7.98. The molecule has 0 aliphatic carbocycles. The minimum Gasteiger partial charge on any atom is -0.497 e. The van der Waals surface area contributed by atoms with E-state index in [1.165, 1.54) is 50.6 Å². The molecule has 172 valence electrons. The third-order valence-electron chi connectivity index (χ3n) is 5.42. The fourth-order valence-electron chi connectivity index (χ4n) is 3.53. The van der Waals surface area contributed by atoms with Crippen LogP contribution in [0.25, 0.3) is 0 Å². The van der Waals surface area contributed by atoms with Gasteiger partial charge in [0.2, 0.25) is 0 Å². The molecule has 0 radical (unpaired) electrons. The predicted molar refractivity (Wildman–Crippen MR) is 131 cm³/mol. The fourth-order valence-corrected chi connectivity index (χ4v) is 3.53. The van der Waals surface area contributed by atoms with E-state index >= 15 is 0 Å². The SMILES string of the molecule is CCCCCCOc1cccc(N(CCCCCC)CCOc2ccc(OC)cc2)c1. The number of nitrogens with zero attached hydrogens (tertiary/aromatic N) is 1. The average Bonchev–Trinajstić information content (AvgIpc) is 2.81. The predicted octanol–water partition coefficient (Wildman–Crippen LogP) is 7.12. The number of hydrogen-bond donors (Lipinski definition) is 0. The van der Waals surface area contributed by atoms with E-state index in [2.05, 4.69) is 43.0 Å². The Labute approximate surface area is 189 Å². The highest BCUT2D eigenvalue weighted by atomic mass is 16.5. The number of unbranched alkanes of at least 4 members (excludes halogenated alkanes) is 6.